The van der Waals surface area contributed by atoms with Crippen LogP contribution in [0.5, 0.6) is 0 Å². The van der Waals surface area contributed by atoms with Crippen LogP contribution in [-0.2, 0) is 0 Å². The maximum absolute atomic E-state index is 6.01. The second-order valence-electron chi connectivity index (χ2n) is 6.90. The molecule has 0 aliphatic rings. The summed E-state index contributed by atoms with van der Waals surface area (Å²) in [6, 6.07) is 34.9. The molecule has 0 fully saturated rings. The Hall–Kier alpha value is -3.76. The molecule has 0 radical (unpaired) electrons. The van der Waals surface area contributed by atoms with Crippen molar-refractivity contribution in [2.75, 3.05) is 0 Å². The molecule has 4 rings (SSSR count). The van der Waals surface area contributed by atoms with Gasteiger partial charge in [0.05, 0.1) is 5.92 Å². The molecule has 1 aromatic heterocycles. The third-order valence-electron chi connectivity index (χ3n) is 4.76. The van der Waals surface area contributed by atoms with Crippen molar-refractivity contribution in [2.24, 2.45) is 0 Å². The Bertz CT molecular complexity index is 1140. The molecule has 1 heterocycles. The van der Waals surface area contributed by atoms with Gasteiger partial charge in [-0.3, -0.25) is 0 Å². The minimum absolute atomic E-state index is 0.00909. The van der Waals surface area contributed by atoms with E-state index in [0.29, 0.717) is 0 Å². The Morgan fingerprint density at radius 3 is 2.00 bits per heavy atom. The summed E-state index contributed by atoms with van der Waals surface area (Å²) in [5.74, 6) is 8.53. The molecule has 1 unspecified atom stereocenters. The largest absolute Gasteiger partial charge is 0.465 e. The van der Waals surface area contributed by atoms with E-state index in [1.807, 2.05) is 67.6 Å². The SMILES string of the molecule is Cc1ccc(C(/C=C(\C#Cc2ccccc2)c2ccccc2)c2ccccc2)o1. The van der Waals surface area contributed by atoms with Crippen LogP contribution < -0.4 is 0 Å². The van der Waals surface area contributed by atoms with Crippen LogP contribution in [0.15, 0.2) is 114 Å². The fourth-order valence-electron chi connectivity index (χ4n) is 3.28. The minimum atomic E-state index is -0.00909. The van der Waals surface area contributed by atoms with Gasteiger partial charge in [0.2, 0.25) is 0 Å². The van der Waals surface area contributed by atoms with Gasteiger partial charge in [-0.15, -0.1) is 0 Å². The van der Waals surface area contributed by atoms with E-state index < -0.39 is 0 Å². The fourth-order valence-corrected chi connectivity index (χ4v) is 3.28. The third kappa shape index (κ3) is 4.75. The predicted molar refractivity (Wildman–Crippen MR) is 119 cm³/mol. The van der Waals surface area contributed by atoms with Crippen LogP contribution in [0.3, 0.4) is 0 Å². The molecule has 0 bridgehead atoms. The van der Waals surface area contributed by atoms with Crippen molar-refractivity contribution in [3.8, 4) is 11.8 Å². The van der Waals surface area contributed by atoms with E-state index in [1.54, 1.807) is 0 Å². The summed E-state index contributed by atoms with van der Waals surface area (Å²) in [5.41, 5.74) is 4.26. The first kappa shape index (κ1) is 18.6. The van der Waals surface area contributed by atoms with Crippen LogP contribution in [0.1, 0.15) is 34.1 Å². The van der Waals surface area contributed by atoms with Crippen molar-refractivity contribution >= 4 is 5.57 Å². The van der Waals surface area contributed by atoms with E-state index in [-0.39, 0.29) is 5.92 Å². The highest BCUT2D eigenvalue weighted by molar-refractivity contribution is 5.80. The van der Waals surface area contributed by atoms with Gasteiger partial charge in [-0.25, -0.2) is 0 Å². The number of hydrogen-bond acceptors (Lipinski definition) is 1. The maximum Gasteiger partial charge on any atom is 0.115 e. The van der Waals surface area contributed by atoms with Crippen LogP contribution in [0.25, 0.3) is 5.57 Å². The lowest BCUT2D eigenvalue weighted by atomic mass is 9.92. The molecule has 1 nitrogen and oxygen atoms in total. The molecule has 29 heavy (non-hydrogen) atoms. The fraction of sp³-hybridized carbons (Fsp3) is 0.0714. The van der Waals surface area contributed by atoms with Gasteiger partial charge in [0.25, 0.3) is 0 Å². The Balaban J connectivity index is 1.83. The van der Waals surface area contributed by atoms with Crippen molar-refractivity contribution in [1.82, 2.24) is 0 Å². The summed E-state index contributed by atoms with van der Waals surface area (Å²) in [4.78, 5) is 0. The van der Waals surface area contributed by atoms with Gasteiger partial charge in [-0.2, -0.15) is 0 Å². The Morgan fingerprint density at radius 1 is 0.759 bits per heavy atom. The first-order valence-electron chi connectivity index (χ1n) is 9.75. The number of rotatable bonds is 4. The Kier molecular flexibility index (Phi) is 5.74. The van der Waals surface area contributed by atoms with Crippen molar-refractivity contribution < 1.29 is 4.42 Å². The molecule has 0 N–H and O–H groups in total. The monoisotopic (exact) mass is 374 g/mol. The Labute approximate surface area is 172 Å². The smallest absolute Gasteiger partial charge is 0.115 e. The molecule has 0 amide bonds. The lowest BCUT2D eigenvalue weighted by molar-refractivity contribution is 0.481. The van der Waals surface area contributed by atoms with E-state index in [4.69, 9.17) is 4.42 Å². The quantitative estimate of drug-likeness (QED) is 0.356. The molecular formula is C28H22O. The second-order valence-corrected chi connectivity index (χ2v) is 6.90. The maximum atomic E-state index is 6.01. The average molecular weight is 374 g/mol. The van der Waals surface area contributed by atoms with Gasteiger partial charge in [-0.05, 0) is 42.3 Å². The summed E-state index contributed by atoms with van der Waals surface area (Å²) >= 11 is 0. The zero-order valence-corrected chi connectivity index (χ0v) is 16.4. The predicted octanol–water partition coefficient (Wildman–Crippen LogP) is 6.86. The van der Waals surface area contributed by atoms with E-state index >= 15 is 0 Å². The normalized spacial score (nSPS) is 12.1. The lowest BCUT2D eigenvalue weighted by Gasteiger charge is -2.13. The highest BCUT2D eigenvalue weighted by Gasteiger charge is 2.16. The number of allylic oxidation sites excluding steroid dienone is 2. The number of furan rings is 1. The zero-order chi connectivity index (χ0) is 19.9. The van der Waals surface area contributed by atoms with Crippen LogP contribution in [0.4, 0.5) is 0 Å². The van der Waals surface area contributed by atoms with Crippen molar-refractivity contribution in [3.05, 3.63) is 137 Å². The van der Waals surface area contributed by atoms with E-state index in [0.717, 1.165) is 28.2 Å². The molecule has 0 aliphatic heterocycles. The van der Waals surface area contributed by atoms with Gasteiger partial charge in [-0.1, -0.05) is 96.8 Å². The average Bonchev–Trinajstić information content (AvgIpc) is 3.22. The standard InChI is InChI=1S/C28H22O/c1-22-17-20-28(29-22)27(25-15-9-4-10-16-25)21-26(24-13-7-3-8-14-24)19-18-23-11-5-2-6-12-23/h2-17,20-21,27H,1H3/b26-21+. The summed E-state index contributed by atoms with van der Waals surface area (Å²) in [5, 5.41) is 0. The summed E-state index contributed by atoms with van der Waals surface area (Å²) in [6.45, 7) is 1.97. The van der Waals surface area contributed by atoms with Crippen molar-refractivity contribution in [2.45, 2.75) is 12.8 Å². The molecule has 3 aromatic carbocycles. The molecule has 1 heteroatoms. The topological polar surface area (TPSA) is 13.1 Å². The van der Waals surface area contributed by atoms with Crippen LogP contribution >= 0.6 is 0 Å². The van der Waals surface area contributed by atoms with Crippen LogP contribution in [-0.4, -0.2) is 0 Å². The third-order valence-corrected chi connectivity index (χ3v) is 4.76. The van der Waals surface area contributed by atoms with E-state index in [1.165, 1.54) is 5.56 Å². The molecule has 0 saturated heterocycles. The number of hydrogen-bond donors (Lipinski definition) is 0. The second kappa shape index (κ2) is 8.95. The van der Waals surface area contributed by atoms with Gasteiger partial charge in [0.1, 0.15) is 11.5 Å². The summed E-state index contributed by atoms with van der Waals surface area (Å²) in [6.07, 6.45) is 2.21. The van der Waals surface area contributed by atoms with Gasteiger partial charge < -0.3 is 4.42 Å². The van der Waals surface area contributed by atoms with Crippen LogP contribution in [0, 0.1) is 18.8 Å². The molecule has 1 atom stereocenters. The van der Waals surface area contributed by atoms with Crippen molar-refractivity contribution in [1.29, 1.82) is 0 Å². The van der Waals surface area contributed by atoms with Crippen molar-refractivity contribution in [3.63, 3.8) is 0 Å². The molecule has 0 spiro atoms. The summed E-state index contributed by atoms with van der Waals surface area (Å²) in [7, 11) is 0. The highest BCUT2D eigenvalue weighted by atomic mass is 16.3. The molecule has 140 valence electrons. The lowest BCUT2D eigenvalue weighted by Crippen LogP contribution is -1.98. The first-order valence-corrected chi connectivity index (χ1v) is 9.75. The number of aryl methyl sites for hydroxylation is 1. The van der Waals surface area contributed by atoms with E-state index in [9.17, 15) is 0 Å². The van der Waals surface area contributed by atoms with Gasteiger partial charge >= 0.3 is 0 Å². The highest BCUT2D eigenvalue weighted by Crippen LogP contribution is 2.30. The van der Waals surface area contributed by atoms with E-state index in [2.05, 4.69) is 60.4 Å². The van der Waals surface area contributed by atoms with Gasteiger partial charge in [0.15, 0.2) is 0 Å². The molecule has 4 aromatic rings. The summed E-state index contributed by atoms with van der Waals surface area (Å²) < 4.78 is 6.01. The molecule has 0 aliphatic carbocycles. The van der Waals surface area contributed by atoms with Gasteiger partial charge in [0, 0.05) is 11.1 Å². The first-order chi connectivity index (χ1) is 14.3. The minimum Gasteiger partial charge on any atom is -0.465 e. The molecule has 0 saturated carbocycles. The molecular weight excluding hydrogens is 352 g/mol. The zero-order valence-electron chi connectivity index (χ0n) is 16.4. The number of benzene rings is 3. The van der Waals surface area contributed by atoms with Crippen LogP contribution in [0.2, 0.25) is 0 Å². The Morgan fingerprint density at radius 2 is 1.38 bits per heavy atom.